The van der Waals surface area contributed by atoms with Crippen LogP contribution in [0.1, 0.15) is 54.7 Å². The van der Waals surface area contributed by atoms with Gasteiger partial charge in [-0.2, -0.15) is 0 Å². The van der Waals surface area contributed by atoms with Crippen molar-refractivity contribution in [2.75, 3.05) is 31.3 Å². The van der Waals surface area contributed by atoms with Crippen LogP contribution in [0.3, 0.4) is 0 Å². The number of aromatic nitrogens is 1. The second kappa shape index (κ2) is 14.1. The van der Waals surface area contributed by atoms with Gasteiger partial charge in [-0.25, -0.2) is 9.18 Å². The third-order valence-electron chi connectivity index (χ3n) is 8.19. The fourth-order valence-electron chi connectivity index (χ4n) is 5.66. The summed E-state index contributed by atoms with van der Waals surface area (Å²) in [6.07, 6.45) is 1.50. The maximum absolute atomic E-state index is 14.8. The molecule has 1 aliphatic rings. The number of halogens is 3. The lowest BCUT2D eigenvalue weighted by atomic mass is 9.92. The van der Waals surface area contributed by atoms with Crippen LogP contribution in [-0.4, -0.2) is 48.4 Å². The van der Waals surface area contributed by atoms with Gasteiger partial charge in [0.15, 0.2) is 11.6 Å². The van der Waals surface area contributed by atoms with Crippen LogP contribution in [0, 0.1) is 11.7 Å². The molecular formula is C34H33BrClFN4O4. The average Bonchev–Trinajstić information content (AvgIpc) is 3.03. The molecule has 5 rings (SSSR count). The number of benzene rings is 3. The van der Waals surface area contributed by atoms with Gasteiger partial charge >= 0.3 is 6.09 Å². The van der Waals surface area contributed by atoms with Crippen LogP contribution in [-0.2, 0) is 9.53 Å². The van der Waals surface area contributed by atoms with Gasteiger partial charge in [-0.1, -0.05) is 49.2 Å². The van der Waals surface area contributed by atoms with Gasteiger partial charge in [-0.3, -0.25) is 24.8 Å². The summed E-state index contributed by atoms with van der Waals surface area (Å²) in [6.45, 7) is 2.24. The minimum Gasteiger partial charge on any atom is -0.453 e. The number of nitrogens with zero attached hydrogens (tertiary/aromatic N) is 2. The van der Waals surface area contributed by atoms with Crippen molar-refractivity contribution in [3.05, 3.63) is 87.2 Å². The van der Waals surface area contributed by atoms with Crippen molar-refractivity contribution in [1.82, 2.24) is 9.88 Å². The Balaban J connectivity index is 1.56. The molecule has 2 bridgehead atoms. The molecule has 45 heavy (non-hydrogen) atoms. The fourth-order valence-corrected chi connectivity index (χ4v) is 6.34. The van der Waals surface area contributed by atoms with Crippen LogP contribution in [0.15, 0.2) is 65.1 Å². The van der Waals surface area contributed by atoms with Crippen molar-refractivity contribution in [2.45, 2.75) is 38.6 Å². The van der Waals surface area contributed by atoms with Crippen molar-refractivity contribution >= 4 is 67.6 Å². The molecule has 2 heterocycles. The lowest BCUT2D eigenvalue weighted by molar-refractivity contribution is -0.119. The number of fused-ring (bicyclic) bond motifs is 6. The van der Waals surface area contributed by atoms with Gasteiger partial charge in [-0.05, 0) is 77.8 Å². The first-order chi connectivity index (χ1) is 21.6. The predicted octanol–water partition coefficient (Wildman–Crippen LogP) is 8.64. The van der Waals surface area contributed by atoms with E-state index >= 15 is 0 Å². The maximum atomic E-state index is 14.8. The highest BCUT2D eigenvalue weighted by Gasteiger charge is 2.26. The van der Waals surface area contributed by atoms with Crippen molar-refractivity contribution in [1.29, 1.82) is 0 Å². The first-order valence-electron chi connectivity index (χ1n) is 14.6. The summed E-state index contributed by atoms with van der Waals surface area (Å²) in [5, 5.41) is 6.55. The Hall–Kier alpha value is -3.86. The minimum atomic E-state index is -0.735. The highest BCUT2D eigenvalue weighted by atomic mass is 79.9. The van der Waals surface area contributed by atoms with Crippen LogP contribution in [0.4, 0.5) is 20.6 Å². The van der Waals surface area contributed by atoms with E-state index < -0.39 is 11.9 Å². The summed E-state index contributed by atoms with van der Waals surface area (Å²) in [6, 6.07) is 18.0. The zero-order valence-corrected chi connectivity index (χ0v) is 27.5. The highest BCUT2D eigenvalue weighted by molar-refractivity contribution is 9.10. The molecule has 0 saturated carbocycles. The number of nitrogens with one attached hydrogen (secondary N) is 2. The lowest BCUT2D eigenvalue weighted by Gasteiger charge is -2.29. The molecule has 2 atom stereocenters. The molecule has 0 aliphatic carbocycles. The lowest BCUT2D eigenvalue weighted by Crippen LogP contribution is -2.29. The molecule has 0 saturated heterocycles. The number of methoxy groups -OCH3 is 1. The van der Waals surface area contributed by atoms with Gasteiger partial charge in [0.2, 0.25) is 5.91 Å². The molecule has 2 unspecified atom stereocenters. The van der Waals surface area contributed by atoms with E-state index in [4.69, 9.17) is 21.3 Å². The molecule has 1 aliphatic heterocycles. The van der Waals surface area contributed by atoms with E-state index in [1.807, 2.05) is 50.4 Å². The van der Waals surface area contributed by atoms with Crippen LogP contribution < -0.4 is 10.6 Å². The van der Waals surface area contributed by atoms with Gasteiger partial charge in [-0.15, -0.1) is 0 Å². The number of rotatable bonds is 6. The quantitative estimate of drug-likeness (QED) is 0.155. The van der Waals surface area contributed by atoms with E-state index in [1.165, 1.54) is 13.2 Å². The summed E-state index contributed by atoms with van der Waals surface area (Å²) in [4.78, 5) is 45.6. The van der Waals surface area contributed by atoms with Gasteiger partial charge in [0.25, 0.3) is 0 Å². The number of anilines is 2. The molecule has 0 spiro atoms. The molecule has 0 radical (unpaired) electrons. The smallest absolute Gasteiger partial charge is 0.411 e. The number of hydrogen-bond donors (Lipinski definition) is 2. The van der Waals surface area contributed by atoms with Gasteiger partial charge < -0.3 is 10.1 Å². The van der Waals surface area contributed by atoms with Gasteiger partial charge in [0.05, 0.1) is 40.6 Å². The first-order valence-corrected chi connectivity index (χ1v) is 15.8. The Bertz CT molecular complexity index is 1790. The second-order valence-corrected chi connectivity index (χ2v) is 12.5. The van der Waals surface area contributed by atoms with Gasteiger partial charge in [0.1, 0.15) is 0 Å². The Labute approximate surface area is 274 Å². The normalized spacial score (nSPS) is 16.7. The van der Waals surface area contributed by atoms with Crippen molar-refractivity contribution in [3.63, 3.8) is 0 Å². The number of hydrogen-bond acceptors (Lipinski definition) is 6. The number of pyridine rings is 1. The van der Waals surface area contributed by atoms with Gasteiger partial charge in [0, 0.05) is 40.0 Å². The maximum Gasteiger partial charge on any atom is 0.411 e. The summed E-state index contributed by atoms with van der Waals surface area (Å²) < 4.78 is 19.9. The molecular weight excluding hydrogens is 663 g/mol. The number of ether oxygens (including phenoxy) is 1. The van der Waals surface area contributed by atoms with Crippen LogP contribution in [0.5, 0.6) is 0 Å². The molecule has 4 aromatic rings. The number of Topliss-reactive ketones (excluding diaryl/α,β-unsaturated/α-hetero) is 1. The Morgan fingerprint density at radius 2 is 1.91 bits per heavy atom. The van der Waals surface area contributed by atoms with E-state index in [2.05, 4.69) is 31.5 Å². The van der Waals surface area contributed by atoms with E-state index in [-0.39, 0.29) is 40.7 Å². The molecule has 2 amide bonds. The Morgan fingerprint density at radius 3 is 2.69 bits per heavy atom. The van der Waals surface area contributed by atoms with Crippen LogP contribution in [0.2, 0.25) is 5.02 Å². The third-order valence-corrected chi connectivity index (χ3v) is 9.14. The molecule has 8 nitrogen and oxygen atoms in total. The largest absolute Gasteiger partial charge is 0.453 e. The van der Waals surface area contributed by atoms with E-state index in [0.29, 0.717) is 35.2 Å². The number of carbonyl (C=O) groups is 3. The molecule has 234 valence electrons. The van der Waals surface area contributed by atoms with E-state index in [9.17, 15) is 18.8 Å². The molecule has 3 aromatic carbocycles. The monoisotopic (exact) mass is 694 g/mol. The SMILES string of the molecule is COC(=O)Nc1ccc2c(c1)NC(=O)C(C)CCCC(N(C)CCC(=O)c1c(Br)ccc(Cl)c1F)c1cc-2c2ccccc2n1. The Kier molecular flexibility index (Phi) is 10.2. The standard InChI is InChI=1S/C34H33BrClFN4O4/c1-19-7-6-10-29(41(2)16-15-30(42)31-24(35)13-14-25(36)32(31)37)28-18-23(21-8-4-5-9-26(21)39-28)22-12-11-20(38-34(44)45-3)17-27(22)40-33(19)43/h4-5,8-9,11-14,17-19,29H,6-7,10,15-16H2,1-3H3,(H,38,44)(H,40,43). The summed E-state index contributed by atoms with van der Waals surface area (Å²) >= 11 is 9.25. The van der Waals surface area contributed by atoms with E-state index in [1.54, 1.807) is 18.2 Å². The molecule has 1 aromatic heterocycles. The van der Waals surface area contributed by atoms with Crippen molar-refractivity contribution in [3.8, 4) is 11.1 Å². The second-order valence-electron chi connectivity index (χ2n) is 11.2. The van der Waals surface area contributed by atoms with Crippen molar-refractivity contribution < 1.29 is 23.5 Å². The predicted molar refractivity (Wildman–Crippen MR) is 178 cm³/mol. The fraction of sp³-hybridized carbons (Fsp3) is 0.294. The van der Waals surface area contributed by atoms with Crippen LogP contribution >= 0.6 is 27.5 Å². The van der Waals surface area contributed by atoms with Crippen LogP contribution in [0.25, 0.3) is 22.0 Å². The number of ketones is 1. The highest BCUT2D eigenvalue weighted by Crippen LogP contribution is 2.39. The number of para-hydroxylation sites is 1. The Morgan fingerprint density at radius 1 is 1.13 bits per heavy atom. The topological polar surface area (TPSA) is 101 Å². The summed E-state index contributed by atoms with van der Waals surface area (Å²) in [5.74, 6) is -1.51. The zero-order valence-electron chi connectivity index (χ0n) is 25.1. The summed E-state index contributed by atoms with van der Waals surface area (Å²) in [7, 11) is 3.22. The van der Waals surface area contributed by atoms with Crippen molar-refractivity contribution in [2.24, 2.45) is 5.92 Å². The molecule has 2 N–H and O–H groups in total. The molecule has 0 fully saturated rings. The molecule has 11 heteroatoms. The third kappa shape index (κ3) is 7.19. The summed E-state index contributed by atoms with van der Waals surface area (Å²) in [5.41, 5.74) is 4.20. The first kappa shape index (κ1) is 32.5. The average molecular weight is 696 g/mol. The minimum absolute atomic E-state index is 0.0572. The van der Waals surface area contributed by atoms with E-state index in [0.717, 1.165) is 34.1 Å². The zero-order chi connectivity index (χ0) is 32.2. The number of carbonyl (C=O) groups excluding carboxylic acids is 3. The number of amides is 2.